The van der Waals surface area contributed by atoms with Crippen LogP contribution in [0.25, 0.3) is 0 Å². The minimum atomic E-state index is 0.0961. The number of unbranched alkanes of at least 4 members (excludes halogenated alkanes) is 7. The van der Waals surface area contributed by atoms with E-state index < -0.39 is 0 Å². The second kappa shape index (κ2) is 12.3. The van der Waals surface area contributed by atoms with Gasteiger partial charge in [-0.2, -0.15) is 0 Å². The van der Waals surface area contributed by atoms with Crippen molar-refractivity contribution in [2.45, 2.75) is 71.1 Å². The average Bonchev–Trinajstić information content (AvgIpc) is 2.71. The third-order valence-corrected chi connectivity index (χ3v) is 5.13. The number of carbonyl (C=O) groups excluding carboxylic acids is 1. The van der Waals surface area contributed by atoms with E-state index >= 15 is 0 Å². The second-order valence-electron chi connectivity index (χ2n) is 7.44. The van der Waals surface area contributed by atoms with E-state index in [4.69, 9.17) is 0 Å². The summed E-state index contributed by atoms with van der Waals surface area (Å²) in [4.78, 5) is 12.6. The number of benzene rings is 2. The summed E-state index contributed by atoms with van der Waals surface area (Å²) < 4.78 is 0. The van der Waals surface area contributed by atoms with Crippen LogP contribution in [0.15, 0.2) is 61.2 Å². The number of aryl methyl sites for hydroxylation is 1. The first-order chi connectivity index (χ1) is 13.2. The van der Waals surface area contributed by atoms with Gasteiger partial charge >= 0.3 is 0 Å². The van der Waals surface area contributed by atoms with Crippen LogP contribution in [0, 0.1) is 0 Å². The molecule has 2 aromatic rings. The molecule has 1 nitrogen and oxygen atoms in total. The summed E-state index contributed by atoms with van der Waals surface area (Å²) in [5.74, 6) is 0.0961. The fraction of sp³-hybridized carbons (Fsp3) is 0.423. The summed E-state index contributed by atoms with van der Waals surface area (Å²) in [5, 5.41) is 0. The molecule has 144 valence electrons. The molecule has 0 aromatic heterocycles. The highest BCUT2D eigenvalue weighted by Gasteiger charge is 2.08. The largest absolute Gasteiger partial charge is 0.289 e. The lowest BCUT2D eigenvalue weighted by Gasteiger charge is -2.06. The SMILES string of the molecule is C=CCc1ccc(C(=O)c2ccc(CCCCCCCCCC)cc2)cc1. The monoisotopic (exact) mass is 362 g/mol. The smallest absolute Gasteiger partial charge is 0.193 e. The fourth-order valence-corrected chi connectivity index (χ4v) is 3.41. The molecule has 0 saturated heterocycles. The number of hydrogen-bond donors (Lipinski definition) is 0. The Kier molecular flexibility index (Phi) is 9.62. The summed E-state index contributed by atoms with van der Waals surface area (Å²) in [6.07, 6.45) is 14.6. The van der Waals surface area contributed by atoms with Crippen molar-refractivity contribution in [2.24, 2.45) is 0 Å². The highest BCUT2D eigenvalue weighted by Crippen LogP contribution is 2.15. The van der Waals surface area contributed by atoms with Gasteiger partial charge in [-0.15, -0.1) is 6.58 Å². The van der Waals surface area contributed by atoms with Crippen molar-refractivity contribution >= 4 is 5.78 Å². The Morgan fingerprint density at radius 3 is 1.74 bits per heavy atom. The molecule has 0 atom stereocenters. The van der Waals surface area contributed by atoms with E-state index in [2.05, 4.69) is 25.6 Å². The fourth-order valence-electron chi connectivity index (χ4n) is 3.41. The first-order valence-corrected chi connectivity index (χ1v) is 10.6. The topological polar surface area (TPSA) is 17.1 Å². The van der Waals surface area contributed by atoms with Crippen molar-refractivity contribution in [3.8, 4) is 0 Å². The Labute approximate surface area is 165 Å². The van der Waals surface area contributed by atoms with Gasteiger partial charge in [-0.3, -0.25) is 4.79 Å². The summed E-state index contributed by atoms with van der Waals surface area (Å²) in [5.41, 5.74) is 4.03. The Morgan fingerprint density at radius 2 is 1.22 bits per heavy atom. The van der Waals surface area contributed by atoms with Gasteiger partial charge in [0.15, 0.2) is 5.78 Å². The van der Waals surface area contributed by atoms with Gasteiger partial charge in [0.25, 0.3) is 0 Å². The van der Waals surface area contributed by atoms with E-state index in [1.165, 1.54) is 62.5 Å². The van der Waals surface area contributed by atoms with Gasteiger partial charge in [0.2, 0.25) is 0 Å². The number of hydrogen-bond acceptors (Lipinski definition) is 1. The molecule has 0 bridgehead atoms. The van der Waals surface area contributed by atoms with Crippen LogP contribution in [0.3, 0.4) is 0 Å². The Bertz CT molecular complexity index is 679. The van der Waals surface area contributed by atoms with Crippen molar-refractivity contribution in [1.29, 1.82) is 0 Å². The van der Waals surface area contributed by atoms with Crippen LogP contribution in [-0.4, -0.2) is 5.78 Å². The molecule has 0 spiro atoms. The summed E-state index contributed by atoms with van der Waals surface area (Å²) in [7, 11) is 0. The van der Waals surface area contributed by atoms with Crippen LogP contribution in [0.4, 0.5) is 0 Å². The van der Waals surface area contributed by atoms with Crippen LogP contribution in [0.2, 0.25) is 0 Å². The van der Waals surface area contributed by atoms with Crippen LogP contribution in [0.5, 0.6) is 0 Å². The van der Waals surface area contributed by atoms with E-state index in [0.29, 0.717) is 0 Å². The maximum absolute atomic E-state index is 12.6. The van der Waals surface area contributed by atoms with Crippen LogP contribution in [0.1, 0.15) is 85.3 Å². The lowest BCUT2D eigenvalue weighted by atomic mass is 9.98. The molecule has 27 heavy (non-hydrogen) atoms. The standard InChI is InChI=1S/C26H34O/c1-3-5-6-7-8-9-10-11-13-23-16-20-25(21-17-23)26(27)24-18-14-22(12-4-2)15-19-24/h4,14-21H,2-3,5-13H2,1H3. The lowest BCUT2D eigenvalue weighted by Crippen LogP contribution is -2.01. The molecule has 0 heterocycles. The Balaban J connectivity index is 1.75. The average molecular weight is 363 g/mol. The van der Waals surface area contributed by atoms with E-state index in [1.54, 1.807) is 0 Å². The zero-order valence-corrected chi connectivity index (χ0v) is 16.9. The number of ketones is 1. The maximum atomic E-state index is 12.6. The van der Waals surface area contributed by atoms with Gasteiger partial charge in [0.05, 0.1) is 0 Å². The first-order valence-electron chi connectivity index (χ1n) is 10.6. The molecule has 0 N–H and O–H groups in total. The van der Waals surface area contributed by atoms with Crippen LogP contribution < -0.4 is 0 Å². The molecule has 0 fully saturated rings. The molecule has 0 saturated carbocycles. The highest BCUT2D eigenvalue weighted by atomic mass is 16.1. The van der Waals surface area contributed by atoms with E-state index in [9.17, 15) is 4.79 Å². The Hall–Kier alpha value is -2.15. The highest BCUT2D eigenvalue weighted by molar-refractivity contribution is 6.08. The molecular weight excluding hydrogens is 328 g/mol. The zero-order chi connectivity index (χ0) is 19.3. The van der Waals surface area contributed by atoms with Crippen molar-refractivity contribution in [3.63, 3.8) is 0 Å². The van der Waals surface area contributed by atoms with Gasteiger partial charge in [-0.25, -0.2) is 0 Å². The Morgan fingerprint density at radius 1 is 0.741 bits per heavy atom. The molecule has 0 radical (unpaired) electrons. The predicted octanol–water partition coefficient (Wildman–Crippen LogP) is 7.33. The second-order valence-corrected chi connectivity index (χ2v) is 7.44. The molecule has 2 aromatic carbocycles. The number of allylic oxidation sites excluding steroid dienone is 1. The first kappa shape index (κ1) is 21.2. The molecule has 0 aliphatic carbocycles. The number of carbonyl (C=O) groups is 1. The van der Waals surface area contributed by atoms with Gasteiger partial charge in [-0.1, -0.05) is 106 Å². The van der Waals surface area contributed by atoms with Crippen molar-refractivity contribution in [1.82, 2.24) is 0 Å². The van der Waals surface area contributed by atoms with E-state index in [0.717, 1.165) is 24.0 Å². The van der Waals surface area contributed by atoms with Crippen molar-refractivity contribution in [2.75, 3.05) is 0 Å². The summed E-state index contributed by atoms with van der Waals surface area (Å²) in [6, 6.07) is 16.0. The van der Waals surface area contributed by atoms with Crippen molar-refractivity contribution < 1.29 is 4.79 Å². The molecule has 1 heteroatoms. The quantitative estimate of drug-likeness (QED) is 0.207. The zero-order valence-electron chi connectivity index (χ0n) is 16.9. The van der Waals surface area contributed by atoms with Crippen molar-refractivity contribution in [3.05, 3.63) is 83.4 Å². The molecule has 2 rings (SSSR count). The summed E-state index contributed by atoms with van der Waals surface area (Å²) in [6.45, 7) is 6.01. The minimum absolute atomic E-state index is 0.0961. The van der Waals surface area contributed by atoms with Gasteiger partial charge in [0, 0.05) is 11.1 Å². The van der Waals surface area contributed by atoms with Gasteiger partial charge in [-0.05, 0) is 30.4 Å². The lowest BCUT2D eigenvalue weighted by molar-refractivity contribution is 0.103. The van der Waals surface area contributed by atoms with E-state index in [1.807, 2.05) is 42.5 Å². The van der Waals surface area contributed by atoms with Crippen LogP contribution >= 0.6 is 0 Å². The molecule has 0 aliphatic rings. The normalized spacial score (nSPS) is 10.7. The van der Waals surface area contributed by atoms with E-state index in [-0.39, 0.29) is 5.78 Å². The third kappa shape index (κ3) is 7.54. The minimum Gasteiger partial charge on any atom is -0.289 e. The molecular formula is C26H34O. The third-order valence-electron chi connectivity index (χ3n) is 5.13. The summed E-state index contributed by atoms with van der Waals surface area (Å²) >= 11 is 0. The molecule has 0 aliphatic heterocycles. The maximum Gasteiger partial charge on any atom is 0.193 e. The van der Waals surface area contributed by atoms with Gasteiger partial charge < -0.3 is 0 Å². The molecule has 0 amide bonds. The number of rotatable bonds is 13. The predicted molar refractivity (Wildman–Crippen MR) is 117 cm³/mol. The molecule has 0 unspecified atom stereocenters. The van der Waals surface area contributed by atoms with Gasteiger partial charge in [0.1, 0.15) is 0 Å². The van der Waals surface area contributed by atoms with Crippen LogP contribution in [-0.2, 0) is 12.8 Å².